The summed E-state index contributed by atoms with van der Waals surface area (Å²) in [7, 11) is 0. The molecule has 148 valence electrons. The third-order valence-corrected chi connectivity index (χ3v) is 3.97. The van der Waals surface area contributed by atoms with Crippen LogP contribution in [-0.4, -0.2) is 32.3 Å². The maximum absolute atomic E-state index is 12.2. The first-order valence-corrected chi connectivity index (χ1v) is 8.74. The SMILES string of the molecule is Cc1noc(C(C)OC(=O)C(C)Oc2ccc(-c3ccc(C#N)cn3)cc2O)n1. The summed E-state index contributed by atoms with van der Waals surface area (Å²) in [6.07, 6.45) is -0.263. The molecule has 2 heterocycles. The topological polar surface area (TPSA) is 131 Å². The number of ether oxygens (including phenoxy) is 2. The van der Waals surface area contributed by atoms with Crippen LogP contribution in [0.2, 0.25) is 0 Å². The number of hydrogen-bond acceptors (Lipinski definition) is 9. The Balaban J connectivity index is 1.66. The molecule has 2 atom stereocenters. The van der Waals surface area contributed by atoms with Gasteiger partial charge in [0.05, 0.1) is 11.3 Å². The Kier molecular flexibility index (Phi) is 5.74. The van der Waals surface area contributed by atoms with Gasteiger partial charge in [-0.15, -0.1) is 0 Å². The van der Waals surface area contributed by atoms with E-state index in [-0.39, 0.29) is 17.4 Å². The highest BCUT2D eigenvalue weighted by Crippen LogP contribution is 2.32. The van der Waals surface area contributed by atoms with Crippen molar-refractivity contribution in [1.29, 1.82) is 5.26 Å². The molecule has 9 nitrogen and oxygen atoms in total. The van der Waals surface area contributed by atoms with Crippen molar-refractivity contribution < 1.29 is 23.9 Å². The number of pyridine rings is 1. The van der Waals surface area contributed by atoms with Crippen molar-refractivity contribution in [3.8, 4) is 28.8 Å². The lowest BCUT2D eigenvalue weighted by Crippen LogP contribution is -2.27. The Morgan fingerprint density at radius 3 is 2.66 bits per heavy atom. The van der Waals surface area contributed by atoms with Gasteiger partial charge in [0.2, 0.25) is 0 Å². The second-order valence-corrected chi connectivity index (χ2v) is 6.25. The molecule has 0 aliphatic carbocycles. The van der Waals surface area contributed by atoms with E-state index in [4.69, 9.17) is 19.3 Å². The van der Waals surface area contributed by atoms with Gasteiger partial charge in [0, 0.05) is 11.8 Å². The molecule has 1 N–H and O–H groups in total. The molecule has 0 aliphatic rings. The Morgan fingerprint density at radius 1 is 1.28 bits per heavy atom. The van der Waals surface area contributed by atoms with E-state index < -0.39 is 18.2 Å². The minimum absolute atomic E-state index is 0.119. The fraction of sp³-hybridized carbons (Fsp3) is 0.250. The number of carbonyl (C=O) groups excluding carboxylic acids is 1. The van der Waals surface area contributed by atoms with Gasteiger partial charge in [-0.1, -0.05) is 5.16 Å². The molecule has 3 aromatic rings. The van der Waals surface area contributed by atoms with E-state index in [1.165, 1.54) is 25.3 Å². The number of rotatable bonds is 6. The molecular weight excluding hydrogens is 376 g/mol. The Hall–Kier alpha value is -3.93. The Morgan fingerprint density at radius 2 is 2.07 bits per heavy atom. The van der Waals surface area contributed by atoms with Crippen LogP contribution in [-0.2, 0) is 9.53 Å². The van der Waals surface area contributed by atoms with Crippen LogP contribution in [0.4, 0.5) is 0 Å². The summed E-state index contributed by atoms with van der Waals surface area (Å²) in [4.78, 5) is 20.4. The monoisotopic (exact) mass is 394 g/mol. The predicted molar refractivity (Wildman–Crippen MR) is 99.7 cm³/mol. The molecule has 0 spiro atoms. The first-order valence-electron chi connectivity index (χ1n) is 8.74. The summed E-state index contributed by atoms with van der Waals surface area (Å²) in [6, 6.07) is 9.98. The van der Waals surface area contributed by atoms with Crippen LogP contribution in [0.3, 0.4) is 0 Å². The maximum atomic E-state index is 12.2. The molecule has 0 saturated carbocycles. The van der Waals surface area contributed by atoms with Crippen molar-refractivity contribution in [3.63, 3.8) is 0 Å². The van der Waals surface area contributed by atoms with Crippen LogP contribution in [0.25, 0.3) is 11.3 Å². The first-order chi connectivity index (χ1) is 13.9. The number of phenols is 1. The zero-order valence-corrected chi connectivity index (χ0v) is 16.0. The number of hydrogen-bond donors (Lipinski definition) is 1. The zero-order chi connectivity index (χ0) is 21.0. The smallest absolute Gasteiger partial charge is 0.347 e. The number of benzene rings is 1. The number of nitrogens with zero attached hydrogens (tertiary/aromatic N) is 4. The minimum Gasteiger partial charge on any atom is -0.504 e. The van der Waals surface area contributed by atoms with Gasteiger partial charge in [-0.05, 0) is 51.1 Å². The summed E-state index contributed by atoms with van der Waals surface area (Å²) in [5.74, 6) is -0.0632. The van der Waals surface area contributed by atoms with Crippen LogP contribution in [0.5, 0.6) is 11.5 Å². The number of esters is 1. The standard InChI is InChI=1S/C20H18N4O5/c1-11(19-23-13(3)24-29-19)28-20(26)12(2)27-18-7-5-15(8-17(18)25)16-6-4-14(9-21)10-22-16/h4-8,10-12,25H,1-3H3. The van der Waals surface area contributed by atoms with Crippen molar-refractivity contribution >= 4 is 5.97 Å². The summed E-state index contributed by atoms with van der Waals surface area (Å²) in [5.41, 5.74) is 1.66. The normalized spacial score (nSPS) is 12.6. The van der Waals surface area contributed by atoms with Crippen molar-refractivity contribution in [2.45, 2.75) is 33.0 Å². The number of aromatic hydroxyl groups is 1. The summed E-state index contributed by atoms with van der Waals surface area (Å²) in [5, 5.41) is 22.7. The fourth-order valence-corrected chi connectivity index (χ4v) is 2.44. The van der Waals surface area contributed by atoms with E-state index in [1.807, 2.05) is 6.07 Å². The van der Waals surface area contributed by atoms with E-state index in [9.17, 15) is 9.90 Å². The minimum atomic E-state index is -0.980. The third kappa shape index (κ3) is 4.68. The molecule has 0 aliphatic heterocycles. The van der Waals surface area contributed by atoms with E-state index >= 15 is 0 Å². The van der Waals surface area contributed by atoms with Crippen LogP contribution in [0, 0.1) is 18.3 Å². The number of carbonyl (C=O) groups is 1. The molecule has 0 bridgehead atoms. The second-order valence-electron chi connectivity index (χ2n) is 6.25. The molecule has 0 saturated heterocycles. The first kappa shape index (κ1) is 19.8. The Bertz CT molecular complexity index is 1060. The highest BCUT2D eigenvalue weighted by atomic mass is 16.6. The number of aromatic nitrogens is 3. The van der Waals surface area contributed by atoms with Gasteiger partial charge in [-0.3, -0.25) is 4.98 Å². The van der Waals surface area contributed by atoms with Crippen molar-refractivity contribution in [1.82, 2.24) is 15.1 Å². The fourth-order valence-electron chi connectivity index (χ4n) is 2.44. The van der Waals surface area contributed by atoms with E-state index in [1.54, 1.807) is 32.0 Å². The second kappa shape index (κ2) is 8.39. The lowest BCUT2D eigenvalue weighted by atomic mass is 10.1. The molecule has 0 amide bonds. The molecule has 9 heteroatoms. The molecule has 2 aromatic heterocycles. The van der Waals surface area contributed by atoms with Crippen LogP contribution >= 0.6 is 0 Å². The summed E-state index contributed by atoms with van der Waals surface area (Å²) >= 11 is 0. The third-order valence-electron chi connectivity index (χ3n) is 3.97. The molecule has 2 unspecified atom stereocenters. The lowest BCUT2D eigenvalue weighted by Gasteiger charge is -2.17. The lowest BCUT2D eigenvalue weighted by molar-refractivity contribution is -0.157. The average molecular weight is 394 g/mol. The van der Waals surface area contributed by atoms with Crippen LogP contribution < -0.4 is 4.74 Å². The van der Waals surface area contributed by atoms with Gasteiger partial charge in [0.1, 0.15) is 6.07 Å². The van der Waals surface area contributed by atoms with Gasteiger partial charge in [-0.25, -0.2) is 4.79 Å². The van der Waals surface area contributed by atoms with Crippen LogP contribution in [0.15, 0.2) is 41.1 Å². The van der Waals surface area contributed by atoms with Crippen LogP contribution in [0.1, 0.15) is 37.2 Å². The highest BCUT2D eigenvalue weighted by molar-refractivity contribution is 5.75. The average Bonchev–Trinajstić information content (AvgIpc) is 3.16. The maximum Gasteiger partial charge on any atom is 0.347 e. The molecule has 1 aromatic carbocycles. The highest BCUT2D eigenvalue weighted by Gasteiger charge is 2.24. The summed E-state index contributed by atoms with van der Waals surface area (Å²) in [6.45, 7) is 4.77. The molecular formula is C20H18N4O5. The molecule has 3 rings (SSSR count). The van der Waals surface area contributed by atoms with Gasteiger partial charge < -0.3 is 19.1 Å². The number of nitriles is 1. The zero-order valence-electron chi connectivity index (χ0n) is 16.0. The van der Waals surface area contributed by atoms with Gasteiger partial charge in [-0.2, -0.15) is 10.2 Å². The van der Waals surface area contributed by atoms with Crippen molar-refractivity contribution in [2.75, 3.05) is 0 Å². The van der Waals surface area contributed by atoms with Gasteiger partial charge in [0.15, 0.2) is 29.5 Å². The molecule has 29 heavy (non-hydrogen) atoms. The van der Waals surface area contributed by atoms with Gasteiger partial charge >= 0.3 is 5.97 Å². The predicted octanol–water partition coefficient (Wildman–Crippen LogP) is 3.09. The van der Waals surface area contributed by atoms with Crippen molar-refractivity contribution in [2.24, 2.45) is 0 Å². The Labute approximate surface area is 166 Å². The van der Waals surface area contributed by atoms with E-state index in [0.717, 1.165) is 0 Å². The van der Waals surface area contributed by atoms with Crippen molar-refractivity contribution in [3.05, 3.63) is 53.8 Å². The number of phenolic OH excluding ortho intramolecular Hbond substituents is 1. The largest absolute Gasteiger partial charge is 0.504 e. The molecule has 0 fully saturated rings. The van der Waals surface area contributed by atoms with Gasteiger partial charge in [0.25, 0.3) is 5.89 Å². The summed E-state index contributed by atoms with van der Waals surface area (Å²) < 4.78 is 15.8. The van der Waals surface area contributed by atoms with E-state index in [2.05, 4.69) is 15.1 Å². The quantitative estimate of drug-likeness (QED) is 0.626. The van der Waals surface area contributed by atoms with E-state index in [0.29, 0.717) is 22.6 Å². The molecule has 0 radical (unpaired) electrons. The number of aryl methyl sites for hydroxylation is 1.